The Balaban J connectivity index is 1.15. The van der Waals surface area contributed by atoms with Gasteiger partial charge in [0.05, 0.1) is 11.1 Å². The SMILES string of the molecule is c1ccc(-c2ccc(-c3ccc(-c4ccccc4)cc3N(c3ccc4c(c3)C(c3ccccc3)(c3ccccc3)c3ccccc3-4)c3ccc4oc5ccccc5c4c3)cc2)cc1. The van der Waals surface area contributed by atoms with E-state index in [1.807, 2.05) is 6.07 Å². The van der Waals surface area contributed by atoms with Crippen LogP contribution in [0.1, 0.15) is 22.3 Å². The third-order valence-corrected chi connectivity index (χ3v) is 13.0. The van der Waals surface area contributed by atoms with Crippen molar-refractivity contribution in [3.8, 4) is 44.5 Å². The molecule has 1 aromatic heterocycles. The number of hydrogen-bond acceptors (Lipinski definition) is 2. The minimum atomic E-state index is -0.553. The minimum Gasteiger partial charge on any atom is -0.456 e. The maximum atomic E-state index is 6.42. The van der Waals surface area contributed by atoms with Crippen molar-refractivity contribution in [1.82, 2.24) is 0 Å². The number of anilines is 3. The Morgan fingerprint density at radius 3 is 1.51 bits per heavy atom. The number of hydrogen-bond donors (Lipinski definition) is 0. The van der Waals surface area contributed by atoms with Gasteiger partial charge in [0, 0.05) is 27.7 Å². The van der Waals surface area contributed by atoms with Crippen molar-refractivity contribution >= 4 is 39.0 Å². The summed E-state index contributed by atoms with van der Waals surface area (Å²) < 4.78 is 6.42. The van der Waals surface area contributed by atoms with Gasteiger partial charge < -0.3 is 9.32 Å². The molecule has 0 bridgehead atoms. The summed E-state index contributed by atoms with van der Waals surface area (Å²) in [4.78, 5) is 2.47. The lowest BCUT2D eigenvalue weighted by Crippen LogP contribution is -2.28. The molecule has 0 fully saturated rings. The molecule has 0 saturated carbocycles. The molecule has 2 nitrogen and oxygen atoms in total. The Kier molecular flexibility index (Phi) is 8.76. The number of fused-ring (bicyclic) bond motifs is 6. The van der Waals surface area contributed by atoms with Gasteiger partial charge in [-0.1, -0.05) is 206 Å². The lowest BCUT2D eigenvalue weighted by atomic mass is 9.67. The fourth-order valence-corrected chi connectivity index (χ4v) is 10.1. The van der Waals surface area contributed by atoms with E-state index >= 15 is 0 Å². The molecule has 0 atom stereocenters. The molecular weight excluding hydrogens is 763 g/mol. The second kappa shape index (κ2) is 15.1. The highest BCUT2D eigenvalue weighted by molar-refractivity contribution is 6.07. The molecule has 2 heteroatoms. The molecule has 1 aliphatic carbocycles. The predicted molar refractivity (Wildman–Crippen MR) is 262 cm³/mol. The van der Waals surface area contributed by atoms with E-state index in [1.54, 1.807) is 0 Å². The van der Waals surface area contributed by atoms with Crippen LogP contribution < -0.4 is 4.90 Å². The lowest BCUT2D eigenvalue weighted by molar-refractivity contribution is 0.669. The monoisotopic (exact) mass is 803 g/mol. The number of nitrogens with zero attached hydrogens (tertiary/aromatic N) is 1. The summed E-state index contributed by atoms with van der Waals surface area (Å²) in [7, 11) is 0. The quantitative estimate of drug-likeness (QED) is 0.152. The maximum Gasteiger partial charge on any atom is 0.135 e. The summed E-state index contributed by atoms with van der Waals surface area (Å²) in [6, 6.07) is 90.5. The van der Waals surface area contributed by atoms with Crippen molar-refractivity contribution in [3.63, 3.8) is 0 Å². The highest BCUT2D eigenvalue weighted by Gasteiger charge is 2.46. The molecule has 10 aromatic carbocycles. The highest BCUT2D eigenvalue weighted by Crippen LogP contribution is 2.57. The van der Waals surface area contributed by atoms with Gasteiger partial charge in [0.2, 0.25) is 0 Å². The van der Waals surface area contributed by atoms with E-state index in [1.165, 1.54) is 44.5 Å². The molecule has 1 aliphatic rings. The van der Waals surface area contributed by atoms with Gasteiger partial charge in [-0.2, -0.15) is 0 Å². The molecular formula is C61H41NO. The highest BCUT2D eigenvalue weighted by atomic mass is 16.3. The molecule has 0 aliphatic heterocycles. The first-order valence-electron chi connectivity index (χ1n) is 21.7. The van der Waals surface area contributed by atoms with Gasteiger partial charge in [0.25, 0.3) is 0 Å². The maximum absolute atomic E-state index is 6.42. The number of benzene rings is 10. The van der Waals surface area contributed by atoms with Crippen molar-refractivity contribution in [2.24, 2.45) is 0 Å². The summed E-state index contributed by atoms with van der Waals surface area (Å²) in [5.74, 6) is 0. The number of furan rings is 1. The van der Waals surface area contributed by atoms with Crippen LogP contribution in [0.15, 0.2) is 253 Å². The van der Waals surface area contributed by atoms with Crippen LogP contribution in [-0.4, -0.2) is 0 Å². The summed E-state index contributed by atoms with van der Waals surface area (Å²) in [6.45, 7) is 0. The molecule has 0 N–H and O–H groups in total. The van der Waals surface area contributed by atoms with Crippen molar-refractivity contribution in [1.29, 1.82) is 0 Å². The van der Waals surface area contributed by atoms with E-state index in [4.69, 9.17) is 4.42 Å². The van der Waals surface area contributed by atoms with E-state index in [-0.39, 0.29) is 0 Å². The van der Waals surface area contributed by atoms with E-state index in [0.29, 0.717) is 0 Å². The third kappa shape index (κ3) is 6.02. The first-order valence-corrected chi connectivity index (χ1v) is 21.7. The molecule has 0 radical (unpaired) electrons. The van der Waals surface area contributed by atoms with E-state index in [9.17, 15) is 0 Å². The first kappa shape index (κ1) is 36.6. The van der Waals surface area contributed by atoms with Gasteiger partial charge in [-0.15, -0.1) is 0 Å². The second-order valence-corrected chi connectivity index (χ2v) is 16.4. The molecule has 296 valence electrons. The molecule has 1 heterocycles. The fourth-order valence-electron chi connectivity index (χ4n) is 10.1. The number of rotatable bonds is 8. The Morgan fingerprint density at radius 2 is 0.794 bits per heavy atom. The Bertz CT molecular complexity index is 3390. The minimum absolute atomic E-state index is 0.553. The average Bonchev–Trinajstić information content (AvgIpc) is 3.88. The zero-order valence-electron chi connectivity index (χ0n) is 34.5. The smallest absolute Gasteiger partial charge is 0.135 e. The zero-order valence-corrected chi connectivity index (χ0v) is 34.5. The molecule has 63 heavy (non-hydrogen) atoms. The van der Waals surface area contributed by atoms with Gasteiger partial charge in [-0.05, 0) is 104 Å². The molecule has 0 spiro atoms. The Hall–Kier alpha value is -8.20. The average molecular weight is 804 g/mol. The fraction of sp³-hybridized carbons (Fsp3) is 0.0164. The van der Waals surface area contributed by atoms with Crippen molar-refractivity contribution in [2.45, 2.75) is 5.41 Å². The van der Waals surface area contributed by atoms with Crippen LogP contribution in [0.4, 0.5) is 17.1 Å². The van der Waals surface area contributed by atoms with Crippen molar-refractivity contribution in [2.75, 3.05) is 4.90 Å². The van der Waals surface area contributed by atoms with Crippen LogP contribution in [-0.2, 0) is 5.41 Å². The topological polar surface area (TPSA) is 16.4 Å². The normalized spacial score (nSPS) is 12.6. The Morgan fingerprint density at radius 1 is 0.302 bits per heavy atom. The number of para-hydroxylation sites is 1. The van der Waals surface area contributed by atoms with Crippen LogP contribution in [0.5, 0.6) is 0 Å². The van der Waals surface area contributed by atoms with E-state index < -0.39 is 5.41 Å². The van der Waals surface area contributed by atoms with Crippen LogP contribution in [0.25, 0.3) is 66.4 Å². The van der Waals surface area contributed by atoms with Gasteiger partial charge in [-0.3, -0.25) is 0 Å². The summed E-state index contributed by atoms with van der Waals surface area (Å²) >= 11 is 0. The largest absolute Gasteiger partial charge is 0.456 e. The zero-order chi connectivity index (χ0) is 41.7. The second-order valence-electron chi connectivity index (χ2n) is 16.4. The van der Waals surface area contributed by atoms with Crippen molar-refractivity contribution in [3.05, 3.63) is 271 Å². The molecule has 0 saturated heterocycles. The van der Waals surface area contributed by atoms with Gasteiger partial charge in [0.1, 0.15) is 11.2 Å². The Labute approximate surface area is 367 Å². The van der Waals surface area contributed by atoms with Crippen LogP contribution >= 0.6 is 0 Å². The van der Waals surface area contributed by atoms with Crippen LogP contribution in [0.2, 0.25) is 0 Å². The molecule has 0 unspecified atom stereocenters. The lowest BCUT2D eigenvalue weighted by Gasteiger charge is -2.35. The standard InChI is InChI=1S/C61H41NO/c1-5-17-42(18-6-1)44-29-31-45(32-30-44)51-36-33-46(43-19-7-2-8-20-43)39-58(51)62(49-35-38-60-55(40-49)54-26-14-16-28-59(54)63-60)50-34-37-53-52-25-13-15-27-56(52)61(57(53)41-50,47-21-9-3-10-22-47)48-23-11-4-12-24-48/h1-41H. The van der Waals surface area contributed by atoms with E-state index in [0.717, 1.165) is 61.3 Å². The van der Waals surface area contributed by atoms with Crippen LogP contribution in [0.3, 0.4) is 0 Å². The van der Waals surface area contributed by atoms with Gasteiger partial charge in [-0.25, -0.2) is 0 Å². The first-order chi connectivity index (χ1) is 31.2. The molecule has 11 aromatic rings. The van der Waals surface area contributed by atoms with Crippen molar-refractivity contribution < 1.29 is 4.42 Å². The summed E-state index contributed by atoms with van der Waals surface area (Å²) in [5.41, 5.74) is 18.9. The molecule has 0 amide bonds. The van der Waals surface area contributed by atoms with Gasteiger partial charge in [0.15, 0.2) is 0 Å². The third-order valence-electron chi connectivity index (χ3n) is 13.0. The van der Waals surface area contributed by atoms with Gasteiger partial charge >= 0.3 is 0 Å². The predicted octanol–water partition coefficient (Wildman–Crippen LogP) is 16.4. The molecule has 12 rings (SSSR count). The summed E-state index contributed by atoms with van der Waals surface area (Å²) in [6.07, 6.45) is 0. The van der Waals surface area contributed by atoms with Crippen LogP contribution in [0, 0.1) is 0 Å². The van der Waals surface area contributed by atoms with E-state index in [2.05, 4.69) is 248 Å². The summed E-state index contributed by atoms with van der Waals surface area (Å²) in [5, 5.41) is 2.18.